The van der Waals surface area contributed by atoms with Crippen molar-refractivity contribution in [3.8, 4) is 12.3 Å². The van der Waals surface area contributed by atoms with Crippen molar-refractivity contribution in [3.05, 3.63) is 11.5 Å². The minimum atomic E-state index is -0.482. The van der Waals surface area contributed by atoms with Gasteiger partial charge in [-0.15, -0.1) is 12.3 Å². The predicted molar refractivity (Wildman–Crippen MR) is 74.8 cm³/mol. The maximum atomic E-state index is 11.8. The molecule has 0 fully saturated rings. The second-order valence-corrected chi connectivity index (χ2v) is 4.18. The van der Waals surface area contributed by atoms with Crippen LogP contribution in [0.1, 0.15) is 56.0 Å². The smallest absolute Gasteiger partial charge is 0.360 e. The number of imidazole rings is 1. The van der Waals surface area contributed by atoms with Crippen LogP contribution in [-0.2, 0) is 11.2 Å². The standard InChI is InChI=1S/C14H21N3O2/c1-5-9-10(6-2)17-11(7-3)16-12(13(17)15)14(18)19-8-4/h1,10H,6-9,15H2,2-4H3. The summed E-state index contributed by atoms with van der Waals surface area (Å²) >= 11 is 0. The van der Waals surface area contributed by atoms with E-state index in [0.29, 0.717) is 25.3 Å². The highest BCUT2D eigenvalue weighted by atomic mass is 16.5. The molecule has 5 nitrogen and oxygen atoms in total. The molecule has 0 spiro atoms. The number of anilines is 1. The fourth-order valence-corrected chi connectivity index (χ4v) is 2.05. The van der Waals surface area contributed by atoms with Crippen molar-refractivity contribution in [2.45, 2.75) is 46.1 Å². The van der Waals surface area contributed by atoms with Gasteiger partial charge in [-0.1, -0.05) is 13.8 Å². The second-order valence-electron chi connectivity index (χ2n) is 4.18. The number of esters is 1. The van der Waals surface area contributed by atoms with Gasteiger partial charge in [-0.3, -0.25) is 0 Å². The van der Waals surface area contributed by atoms with E-state index in [9.17, 15) is 4.79 Å². The van der Waals surface area contributed by atoms with Crippen molar-refractivity contribution in [2.24, 2.45) is 0 Å². The number of rotatable bonds is 6. The molecule has 0 saturated heterocycles. The minimum absolute atomic E-state index is 0.0654. The molecule has 1 aromatic rings. The molecule has 2 N–H and O–H groups in total. The van der Waals surface area contributed by atoms with Crippen molar-refractivity contribution >= 4 is 11.8 Å². The molecule has 1 atom stereocenters. The van der Waals surface area contributed by atoms with Gasteiger partial charge in [-0.2, -0.15) is 0 Å². The number of terminal acetylenes is 1. The lowest BCUT2D eigenvalue weighted by Gasteiger charge is -2.18. The van der Waals surface area contributed by atoms with Crippen molar-refractivity contribution < 1.29 is 9.53 Å². The summed E-state index contributed by atoms with van der Waals surface area (Å²) in [4.78, 5) is 16.1. The molecule has 0 radical (unpaired) electrons. The van der Waals surface area contributed by atoms with Crippen LogP contribution >= 0.6 is 0 Å². The summed E-state index contributed by atoms with van der Waals surface area (Å²) in [5.74, 6) is 3.27. The maximum Gasteiger partial charge on any atom is 0.360 e. The Morgan fingerprint density at radius 3 is 2.68 bits per heavy atom. The van der Waals surface area contributed by atoms with Gasteiger partial charge in [0.15, 0.2) is 5.69 Å². The summed E-state index contributed by atoms with van der Waals surface area (Å²) in [6.45, 7) is 6.05. The van der Waals surface area contributed by atoms with E-state index in [2.05, 4.69) is 10.9 Å². The lowest BCUT2D eigenvalue weighted by Crippen LogP contribution is -2.15. The molecule has 0 aliphatic heterocycles. The highest BCUT2D eigenvalue weighted by Crippen LogP contribution is 2.26. The highest BCUT2D eigenvalue weighted by molar-refractivity contribution is 5.92. The lowest BCUT2D eigenvalue weighted by atomic mass is 10.1. The Labute approximate surface area is 114 Å². The van der Waals surface area contributed by atoms with Crippen LogP contribution in [0.15, 0.2) is 0 Å². The third-order valence-electron chi connectivity index (χ3n) is 3.00. The molecule has 0 amide bonds. The summed E-state index contributed by atoms with van der Waals surface area (Å²) in [6, 6.07) is 0.0654. The lowest BCUT2D eigenvalue weighted by molar-refractivity contribution is 0.0521. The Hall–Kier alpha value is -1.96. The van der Waals surface area contributed by atoms with Crippen LogP contribution in [0.25, 0.3) is 0 Å². The fraction of sp³-hybridized carbons (Fsp3) is 0.571. The van der Waals surface area contributed by atoms with Crippen molar-refractivity contribution in [1.29, 1.82) is 0 Å². The second kappa shape index (κ2) is 6.83. The summed E-state index contributed by atoms with van der Waals surface area (Å²) < 4.78 is 6.83. The molecule has 19 heavy (non-hydrogen) atoms. The first-order valence-electron chi connectivity index (χ1n) is 6.57. The summed E-state index contributed by atoms with van der Waals surface area (Å²) in [6.07, 6.45) is 7.46. The van der Waals surface area contributed by atoms with E-state index in [1.54, 1.807) is 6.92 Å². The molecule has 1 rings (SSSR count). The zero-order valence-corrected chi connectivity index (χ0v) is 11.8. The average molecular weight is 263 g/mol. The van der Waals surface area contributed by atoms with Gasteiger partial charge >= 0.3 is 5.97 Å². The minimum Gasteiger partial charge on any atom is -0.461 e. The van der Waals surface area contributed by atoms with Gasteiger partial charge < -0.3 is 15.0 Å². The first-order chi connectivity index (χ1) is 9.10. The Balaban J connectivity index is 3.24. The molecule has 104 valence electrons. The number of hydrogen-bond donors (Lipinski definition) is 1. The van der Waals surface area contributed by atoms with Crippen LogP contribution in [0, 0.1) is 12.3 Å². The van der Waals surface area contributed by atoms with Crippen molar-refractivity contribution in [1.82, 2.24) is 9.55 Å². The summed E-state index contributed by atoms with van der Waals surface area (Å²) in [5.41, 5.74) is 6.24. The summed E-state index contributed by atoms with van der Waals surface area (Å²) in [7, 11) is 0. The zero-order chi connectivity index (χ0) is 14.4. The number of ether oxygens (including phenoxy) is 1. The zero-order valence-electron chi connectivity index (χ0n) is 11.8. The molecule has 0 aromatic carbocycles. The number of nitrogens with zero attached hydrogens (tertiary/aromatic N) is 2. The summed E-state index contributed by atoms with van der Waals surface area (Å²) in [5, 5.41) is 0. The van der Waals surface area contributed by atoms with Crippen molar-refractivity contribution in [3.63, 3.8) is 0 Å². The largest absolute Gasteiger partial charge is 0.461 e. The molecule has 0 saturated carbocycles. The number of hydrogen-bond acceptors (Lipinski definition) is 4. The number of carbonyl (C=O) groups is 1. The normalized spacial score (nSPS) is 11.9. The van der Waals surface area contributed by atoms with Crippen LogP contribution in [0.4, 0.5) is 5.82 Å². The van der Waals surface area contributed by atoms with Gasteiger partial charge in [0.25, 0.3) is 0 Å². The average Bonchev–Trinajstić information content (AvgIpc) is 2.73. The van der Waals surface area contributed by atoms with Crippen LogP contribution in [0.3, 0.4) is 0 Å². The highest BCUT2D eigenvalue weighted by Gasteiger charge is 2.24. The molecule has 1 heterocycles. The van der Waals surface area contributed by atoms with Gasteiger partial charge in [-0.05, 0) is 13.3 Å². The monoisotopic (exact) mass is 263 g/mol. The Bertz CT molecular complexity index is 486. The van der Waals surface area contributed by atoms with E-state index in [1.807, 2.05) is 18.4 Å². The Morgan fingerprint density at radius 1 is 1.53 bits per heavy atom. The van der Waals surface area contributed by atoms with Gasteiger partial charge in [0.2, 0.25) is 0 Å². The first kappa shape index (κ1) is 15.1. The molecule has 0 bridgehead atoms. The van der Waals surface area contributed by atoms with Gasteiger partial charge in [0, 0.05) is 18.9 Å². The van der Waals surface area contributed by atoms with E-state index in [0.717, 1.165) is 12.2 Å². The molecule has 1 unspecified atom stereocenters. The molecule has 0 aliphatic carbocycles. The molecule has 5 heteroatoms. The SMILES string of the molecule is C#CCC(CC)n1c(CC)nc(C(=O)OCC)c1N. The number of aromatic nitrogens is 2. The number of nitrogen functional groups attached to an aromatic ring is 1. The van der Waals surface area contributed by atoms with Crippen LogP contribution in [-0.4, -0.2) is 22.1 Å². The van der Waals surface area contributed by atoms with E-state index >= 15 is 0 Å². The number of nitrogens with two attached hydrogens (primary N) is 1. The van der Waals surface area contributed by atoms with E-state index in [4.69, 9.17) is 16.9 Å². The Morgan fingerprint density at radius 2 is 2.21 bits per heavy atom. The fourth-order valence-electron chi connectivity index (χ4n) is 2.05. The number of carbonyl (C=O) groups excluding carboxylic acids is 1. The van der Waals surface area contributed by atoms with E-state index in [1.165, 1.54) is 0 Å². The third kappa shape index (κ3) is 3.08. The van der Waals surface area contributed by atoms with Gasteiger partial charge in [0.05, 0.1) is 6.61 Å². The third-order valence-corrected chi connectivity index (χ3v) is 3.00. The maximum absolute atomic E-state index is 11.8. The quantitative estimate of drug-likeness (QED) is 0.631. The predicted octanol–water partition coefficient (Wildman–Crippen LogP) is 2.18. The van der Waals surface area contributed by atoms with Gasteiger partial charge in [0.1, 0.15) is 11.6 Å². The van der Waals surface area contributed by atoms with E-state index < -0.39 is 5.97 Å². The molecular formula is C14H21N3O2. The van der Waals surface area contributed by atoms with Crippen LogP contribution in [0.2, 0.25) is 0 Å². The van der Waals surface area contributed by atoms with Crippen molar-refractivity contribution in [2.75, 3.05) is 12.3 Å². The number of aryl methyl sites for hydroxylation is 1. The molecule has 1 aromatic heterocycles. The van der Waals surface area contributed by atoms with Gasteiger partial charge in [-0.25, -0.2) is 9.78 Å². The molecule has 0 aliphatic rings. The van der Waals surface area contributed by atoms with Crippen LogP contribution < -0.4 is 5.73 Å². The topological polar surface area (TPSA) is 70.1 Å². The first-order valence-corrected chi connectivity index (χ1v) is 6.57. The molecular weight excluding hydrogens is 242 g/mol. The van der Waals surface area contributed by atoms with Crippen LogP contribution in [0.5, 0.6) is 0 Å². The van der Waals surface area contributed by atoms with E-state index in [-0.39, 0.29) is 11.7 Å². The Kier molecular flexibility index (Phi) is 5.43.